The second-order valence-electron chi connectivity index (χ2n) is 7.32. The first kappa shape index (κ1) is 25.5. The van der Waals surface area contributed by atoms with Gasteiger partial charge in [-0.05, 0) is 56.0 Å². The van der Waals surface area contributed by atoms with E-state index in [0.717, 1.165) is 56.1 Å². The van der Waals surface area contributed by atoms with Crippen LogP contribution in [0.15, 0.2) is 28.4 Å². The predicted molar refractivity (Wildman–Crippen MR) is 130 cm³/mol. The summed E-state index contributed by atoms with van der Waals surface area (Å²) in [6.45, 7) is 19.6. The van der Waals surface area contributed by atoms with Crippen LogP contribution >= 0.6 is 11.3 Å². The summed E-state index contributed by atoms with van der Waals surface area (Å²) in [5.41, 5.74) is 3.89. The molecule has 0 aliphatic heterocycles. The number of thiophene rings is 1. The average molecular weight is 454 g/mol. The lowest BCUT2D eigenvalue weighted by molar-refractivity contribution is 0.129. The van der Waals surface area contributed by atoms with Crippen molar-refractivity contribution in [3.63, 3.8) is 0 Å². The second kappa shape index (κ2) is 13.6. The maximum absolute atomic E-state index is 9.39. The molecule has 0 spiro atoms. The zero-order valence-corrected chi connectivity index (χ0v) is 20.2. The Labute approximate surface area is 195 Å². The molecule has 0 unspecified atom stereocenters. The molecule has 32 heavy (non-hydrogen) atoms. The van der Waals surface area contributed by atoms with E-state index in [4.69, 9.17) is 16.0 Å². The van der Waals surface area contributed by atoms with E-state index in [9.17, 15) is 5.26 Å². The molecule has 0 aliphatic rings. The second-order valence-corrected chi connectivity index (χ2v) is 8.30. The molecule has 0 bridgehead atoms. The normalized spacial score (nSPS) is 10.9. The minimum absolute atomic E-state index is 0.421. The Balaban J connectivity index is 2.17. The van der Waals surface area contributed by atoms with Crippen LogP contribution in [0.2, 0.25) is 0 Å². The van der Waals surface area contributed by atoms with Crippen molar-refractivity contribution in [3.05, 3.63) is 46.3 Å². The summed E-state index contributed by atoms with van der Waals surface area (Å²) in [7, 11) is 0. The molecule has 1 heterocycles. The van der Waals surface area contributed by atoms with Crippen molar-refractivity contribution in [2.45, 2.75) is 40.5 Å². The average Bonchev–Trinajstić information content (AvgIpc) is 3.11. The lowest BCUT2D eigenvalue weighted by Gasteiger charge is -2.25. The lowest BCUT2D eigenvalue weighted by Crippen LogP contribution is -2.31. The third-order valence-electron chi connectivity index (χ3n) is 4.82. The Hall–Kier alpha value is -2.78. The highest BCUT2D eigenvalue weighted by Gasteiger charge is 2.14. The highest BCUT2D eigenvalue weighted by molar-refractivity contribution is 7.20. The zero-order chi connectivity index (χ0) is 23.3. The molecule has 1 aromatic heterocycles. The fourth-order valence-corrected chi connectivity index (χ4v) is 3.92. The van der Waals surface area contributed by atoms with E-state index in [0.29, 0.717) is 34.3 Å². The molecule has 8 heteroatoms. The molecular formula is C24H31N5O2S. The SMILES string of the molecule is [C-]#[N+]c1sc(N=Nc2ccc(N(CCOCCC)CCOCCC)cc2C)c(C#N)c1C. The van der Waals surface area contributed by atoms with Crippen molar-refractivity contribution < 1.29 is 9.47 Å². The van der Waals surface area contributed by atoms with Gasteiger partial charge in [-0.2, -0.15) is 5.26 Å². The van der Waals surface area contributed by atoms with Crippen molar-refractivity contribution in [2.75, 3.05) is 44.4 Å². The van der Waals surface area contributed by atoms with Gasteiger partial charge in [0.25, 0.3) is 0 Å². The molecule has 0 aliphatic carbocycles. The summed E-state index contributed by atoms with van der Waals surface area (Å²) in [5.74, 6) is 0. The maximum Gasteiger partial charge on any atom is 0.247 e. The Morgan fingerprint density at radius 1 is 1.06 bits per heavy atom. The first-order chi connectivity index (χ1) is 15.5. The molecule has 2 rings (SSSR count). The summed E-state index contributed by atoms with van der Waals surface area (Å²) in [5, 5.41) is 19.0. The van der Waals surface area contributed by atoms with Crippen LogP contribution in [-0.4, -0.2) is 39.5 Å². The molecule has 2 aromatic rings. The number of benzene rings is 1. The van der Waals surface area contributed by atoms with Gasteiger partial charge in [0.1, 0.15) is 11.1 Å². The van der Waals surface area contributed by atoms with Crippen molar-refractivity contribution >= 4 is 32.7 Å². The van der Waals surface area contributed by atoms with Crippen LogP contribution in [-0.2, 0) is 9.47 Å². The van der Waals surface area contributed by atoms with Gasteiger partial charge in [-0.15, -0.1) is 21.6 Å². The molecule has 0 amide bonds. The summed E-state index contributed by atoms with van der Waals surface area (Å²) in [6.07, 6.45) is 2.01. The fourth-order valence-electron chi connectivity index (χ4n) is 3.06. The third kappa shape index (κ3) is 7.13. The zero-order valence-electron chi connectivity index (χ0n) is 19.3. The highest BCUT2D eigenvalue weighted by Crippen LogP contribution is 2.41. The number of hydrogen-bond donors (Lipinski definition) is 0. The van der Waals surface area contributed by atoms with Crippen LogP contribution in [0, 0.1) is 31.8 Å². The molecule has 0 N–H and O–H groups in total. The summed E-state index contributed by atoms with van der Waals surface area (Å²) >= 11 is 1.20. The number of anilines is 1. The van der Waals surface area contributed by atoms with E-state index in [1.54, 1.807) is 6.92 Å². The molecule has 0 atom stereocenters. The monoisotopic (exact) mass is 453 g/mol. The van der Waals surface area contributed by atoms with Crippen molar-refractivity contribution in [1.29, 1.82) is 5.26 Å². The summed E-state index contributed by atoms with van der Waals surface area (Å²) in [4.78, 5) is 5.73. The van der Waals surface area contributed by atoms with Crippen LogP contribution in [0.4, 0.5) is 21.4 Å². The number of azo groups is 1. The fraction of sp³-hybridized carbons (Fsp3) is 0.500. The predicted octanol–water partition coefficient (Wildman–Crippen LogP) is 6.86. The minimum Gasteiger partial charge on any atom is -0.380 e. The van der Waals surface area contributed by atoms with E-state index < -0.39 is 0 Å². The number of hydrogen-bond acceptors (Lipinski definition) is 7. The largest absolute Gasteiger partial charge is 0.380 e. The van der Waals surface area contributed by atoms with Gasteiger partial charge in [-0.1, -0.05) is 13.8 Å². The topological polar surface area (TPSA) is 74.6 Å². The van der Waals surface area contributed by atoms with Gasteiger partial charge in [0.2, 0.25) is 5.00 Å². The first-order valence-electron chi connectivity index (χ1n) is 10.9. The first-order valence-corrected chi connectivity index (χ1v) is 11.7. The smallest absolute Gasteiger partial charge is 0.247 e. The van der Waals surface area contributed by atoms with Crippen LogP contribution in [0.5, 0.6) is 0 Å². The Morgan fingerprint density at radius 3 is 2.25 bits per heavy atom. The van der Waals surface area contributed by atoms with E-state index >= 15 is 0 Å². The van der Waals surface area contributed by atoms with Gasteiger partial charge in [0, 0.05) is 32.0 Å². The maximum atomic E-state index is 9.39. The summed E-state index contributed by atoms with van der Waals surface area (Å²) in [6, 6.07) is 8.18. The van der Waals surface area contributed by atoms with Gasteiger partial charge in [-0.3, -0.25) is 0 Å². The van der Waals surface area contributed by atoms with Gasteiger partial charge >= 0.3 is 0 Å². The van der Waals surface area contributed by atoms with E-state index in [2.05, 4.69) is 46.0 Å². The van der Waals surface area contributed by atoms with Crippen LogP contribution in [0.3, 0.4) is 0 Å². The number of nitrogens with zero attached hydrogens (tertiary/aromatic N) is 5. The number of aryl methyl sites for hydroxylation is 1. The van der Waals surface area contributed by atoms with Gasteiger partial charge < -0.3 is 14.4 Å². The molecule has 1 aromatic carbocycles. The molecular weight excluding hydrogens is 422 g/mol. The number of ether oxygens (including phenoxy) is 2. The molecule has 0 saturated carbocycles. The van der Waals surface area contributed by atoms with Crippen molar-refractivity contribution in [2.24, 2.45) is 10.2 Å². The van der Waals surface area contributed by atoms with Crippen LogP contribution in [0.1, 0.15) is 43.4 Å². The summed E-state index contributed by atoms with van der Waals surface area (Å²) < 4.78 is 11.4. The van der Waals surface area contributed by atoms with Gasteiger partial charge in [0.15, 0.2) is 0 Å². The number of rotatable bonds is 13. The molecule has 0 fully saturated rings. The Bertz CT molecular complexity index is 975. The van der Waals surface area contributed by atoms with Crippen molar-refractivity contribution in [3.8, 4) is 6.07 Å². The van der Waals surface area contributed by atoms with Crippen LogP contribution < -0.4 is 4.90 Å². The molecule has 0 radical (unpaired) electrons. The number of nitriles is 1. The Kier molecular flexibility index (Phi) is 10.8. The molecule has 170 valence electrons. The van der Waals surface area contributed by atoms with Crippen LogP contribution in [0.25, 0.3) is 4.85 Å². The quantitative estimate of drug-likeness (QED) is 0.189. The standard InChI is InChI=1S/C24H31N5O2S/c1-6-12-30-14-10-29(11-15-31-13-7-2)20-8-9-22(18(3)16-20)27-28-24-21(17-25)19(4)23(26-5)32-24/h8-9,16H,6-7,10-15H2,1-4H3. The van der Waals surface area contributed by atoms with E-state index in [-0.39, 0.29) is 0 Å². The van der Waals surface area contributed by atoms with E-state index in [1.165, 1.54) is 11.3 Å². The third-order valence-corrected chi connectivity index (χ3v) is 5.89. The minimum atomic E-state index is 0.421. The van der Waals surface area contributed by atoms with Crippen molar-refractivity contribution in [1.82, 2.24) is 0 Å². The molecule has 0 saturated heterocycles. The highest BCUT2D eigenvalue weighted by atomic mass is 32.1. The lowest BCUT2D eigenvalue weighted by atomic mass is 10.1. The van der Waals surface area contributed by atoms with Gasteiger partial charge in [0.05, 0.1) is 31.0 Å². The van der Waals surface area contributed by atoms with Gasteiger partial charge in [-0.25, -0.2) is 4.85 Å². The van der Waals surface area contributed by atoms with E-state index in [1.807, 2.05) is 19.1 Å². The Morgan fingerprint density at radius 2 is 1.72 bits per heavy atom. The molecule has 7 nitrogen and oxygen atoms in total.